The lowest BCUT2D eigenvalue weighted by atomic mass is 9.86. The van der Waals surface area contributed by atoms with Gasteiger partial charge >= 0.3 is 12.2 Å². The van der Waals surface area contributed by atoms with Crippen molar-refractivity contribution in [2.75, 3.05) is 32.2 Å². The van der Waals surface area contributed by atoms with Gasteiger partial charge in [-0.15, -0.1) is 11.3 Å². The molecule has 364 valence electrons. The lowest BCUT2D eigenvalue weighted by Crippen LogP contribution is -2.51. The first kappa shape index (κ1) is 46.3. The molecule has 2 aromatic carbocycles. The molecule has 5 aliphatic rings. The quantitative estimate of drug-likeness (QED) is 0.0932. The van der Waals surface area contributed by atoms with E-state index in [-0.39, 0.29) is 41.8 Å². The summed E-state index contributed by atoms with van der Waals surface area (Å²) in [5.74, 6) is 2.20. The van der Waals surface area contributed by atoms with Gasteiger partial charge in [-0.3, -0.25) is 9.59 Å². The Balaban J connectivity index is 0.935. The topological polar surface area (TPSA) is 200 Å². The van der Waals surface area contributed by atoms with Gasteiger partial charge in [-0.2, -0.15) is 0 Å². The van der Waals surface area contributed by atoms with Crippen LogP contribution in [0.2, 0.25) is 0 Å². The zero-order valence-corrected chi connectivity index (χ0v) is 41.2. The van der Waals surface area contributed by atoms with Crippen LogP contribution >= 0.6 is 11.3 Å². The first-order valence-electron chi connectivity index (χ1n) is 24.4. The number of H-pyrrole nitrogens is 2. The summed E-state index contributed by atoms with van der Waals surface area (Å²) in [4.78, 5) is 81.0. The Labute approximate surface area is 406 Å². The summed E-state index contributed by atoms with van der Waals surface area (Å²) in [6, 6.07) is 8.97. The van der Waals surface area contributed by atoms with E-state index in [1.54, 1.807) is 11.3 Å². The van der Waals surface area contributed by atoms with Gasteiger partial charge in [-0.25, -0.2) is 24.5 Å². The van der Waals surface area contributed by atoms with E-state index in [0.717, 1.165) is 87.9 Å². The first-order valence-corrected chi connectivity index (χ1v) is 25.2. The van der Waals surface area contributed by atoms with Gasteiger partial charge in [0.2, 0.25) is 18.0 Å². The molecule has 2 saturated heterocycles. The fourth-order valence-electron chi connectivity index (χ4n) is 10.9. The minimum atomic E-state index is -0.718. The molecule has 17 nitrogen and oxygen atoms in total. The molecule has 1 saturated carbocycles. The Bertz CT molecular complexity index is 2760. The average Bonchev–Trinajstić information content (AvgIpc) is 4.18. The number of thiazole rings is 1. The van der Waals surface area contributed by atoms with Gasteiger partial charge in [-0.05, 0) is 105 Å². The third-order valence-corrected chi connectivity index (χ3v) is 16.0. The number of ether oxygens (including phenoxy) is 3. The van der Waals surface area contributed by atoms with Gasteiger partial charge < -0.3 is 49.5 Å². The lowest BCUT2D eigenvalue weighted by Gasteiger charge is -2.41. The molecule has 0 radical (unpaired) electrons. The highest BCUT2D eigenvalue weighted by Gasteiger charge is 2.45. The van der Waals surface area contributed by atoms with E-state index in [4.69, 9.17) is 29.2 Å². The average molecular weight is 959 g/mol. The zero-order valence-electron chi connectivity index (χ0n) is 40.3. The normalized spacial score (nSPS) is 21.6. The number of nitrogens with zero attached hydrogens (tertiary/aromatic N) is 6. The fraction of sp³-hybridized carbons (Fsp3) is 0.510. The van der Waals surface area contributed by atoms with Crippen molar-refractivity contribution in [3.8, 4) is 28.3 Å². The number of hydrogen-bond donors (Lipinski definition) is 4. The van der Waals surface area contributed by atoms with Crippen molar-refractivity contribution in [2.24, 2.45) is 11.8 Å². The summed E-state index contributed by atoms with van der Waals surface area (Å²) in [6.45, 7) is 10.9. The summed E-state index contributed by atoms with van der Waals surface area (Å²) >= 11 is 1.75. The Kier molecular flexibility index (Phi) is 12.6. The van der Waals surface area contributed by atoms with E-state index < -0.39 is 30.5 Å². The van der Waals surface area contributed by atoms with E-state index in [0.29, 0.717) is 24.8 Å². The maximum Gasteiger partial charge on any atom is 0.407 e. The Hall–Kier alpha value is -6.43. The number of imidazole rings is 2. The van der Waals surface area contributed by atoms with E-state index in [1.165, 1.54) is 44.1 Å². The molecule has 4 amide bonds. The minimum Gasteiger partial charge on any atom is -0.465 e. The number of rotatable bonds is 12. The molecule has 0 spiro atoms. The molecule has 69 heavy (non-hydrogen) atoms. The van der Waals surface area contributed by atoms with E-state index in [2.05, 4.69) is 62.8 Å². The summed E-state index contributed by atoms with van der Waals surface area (Å²) in [5.41, 5.74) is 8.19. The SMILES string of the molecule is COC(=O)N[C@H](C(=O)N1CCC[C@H]1c1ncc(-c2ccc3c(c2)CC2c4c(C)cc(-c5cnc([C@@H]6CCCN6C(=O)[C@@H](NC(=O)OC)C(C)C)[nH]5)cc4OC(c4cnc(C5CCC5)s4)N32)[nH]1)C(C)C. The molecule has 3 fully saturated rings. The minimum absolute atomic E-state index is 0.00178. The molecule has 1 aliphatic carbocycles. The number of methoxy groups -OCH3 is 2. The second kappa shape index (κ2) is 18.8. The molecule has 4 aliphatic heterocycles. The van der Waals surface area contributed by atoms with E-state index >= 15 is 0 Å². The van der Waals surface area contributed by atoms with Crippen molar-refractivity contribution in [1.29, 1.82) is 0 Å². The monoisotopic (exact) mass is 958 g/mol. The van der Waals surface area contributed by atoms with Crippen molar-refractivity contribution in [3.63, 3.8) is 0 Å². The summed E-state index contributed by atoms with van der Waals surface area (Å²) in [7, 11) is 2.60. The van der Waals surface area contributed by atoms with Crippen LogP contribution in [0, 0.1) is 18.8 Å². The molecule has 10 rings (SSSR count). The Morgan fingerprint density at radius 2 is 1.33 bits per heavy atom. The predicted octanol–water partition coefficient (Wildman–Crippen LogP) is 8.78. The molecular weight excluding hydrogens is 897 g/mol. The van der Waals surface area contributed by atoms with Crippen LogP contribution in [0.25, 0.3) is 22.5 Å². The van der Waals surface area contributed by atoms with Crippen LogP contribution in [-0.2, 0) is 25.5 Å². The zero-order chi connectivity index (χ0) is 48.2. The van der Waals surface area contributed by atoms with Crippen molar-refractivity contribution in [1.82, 2.24) is 45.4 Å². The molecule has 2 unspecified atom stereocenters. The number of carbonyl (C=O) groups excluding carboxylic acids is 4. The fourth-order valence-corrected chi connectivity index (χ4v) is 12.1. The molecule has 0 bridgehead atoms. The number of aromatic amines is 2. The summed E-state index contributed by atoms with van der Waals surface area (Å²) in [6.07, 6.45) is 11.6. The smallest absolute Gasteiger partial charge is 0.407 e. The van der Waals surface area contributed by atoms with Gasteiger partial charge in [-0.1, -0.05) is 40.2 Å². The highest BCUT2D eigenvalue weighted by molar-refractivity contribution is 7.11. The summed E-state index contributed by atoms with van der Waals surface area (Å²) < 4.78 is 16.8. The molecule has 6 atom stereocenters. The van der Waals surface area contributed by atoms with Crippen molar-refractivity contribution < 1.29 is 33.4 Å². The number of likely N-dealkylation sites (tertiary alicyclic amines) is 2. The van der Waals surface area contributed by atoms with Gasteiger partial charge in [0.15, 0.2) is 0 Å². The van der Waals surface area contributed by atoms with Gasteiger partial charge in [0.05, 0.1) is 66.0 Å². The van der Waals surface area contributed by atoms with Crippen molar-refractivity contribution in [3.05, 3.63) is 87.1 Å². The van der Waals surface area contributed by atoms with Crippen LogP contribution in [0.3, 0.4) is 0 Å². The van der Waals surface area contributed by atoms with Crippen molar-refractivity contribution >= 4 is 41.0 Å². The van der Waals surface area contributed by atoms with E-state index in [1.807, 2.05) is 56.1 Å². The number of aryl methyl sites for hydroxylation is 1. The molecule has 7 heterocycles. The number of anilines is 1. The highest BCUT2D eigenvalue weighted by Crippen LogP contribution is 2.55. The number of hydrogen-bond acceptors (Lipinski definition) is 12. The van der Waals surface area contributed by atoms with Crippen LogP contribution in [0.1, 0.15) is 141 Å². The summed E-state index contributed by atoms with van der Waals surface area (Å²) in [5, 5.41) is 6.64. The standard InChI is InChI=1S/C51H62N10O7S/c1-26(2)42(57-50(64)66-6)47(62)59-17-9-13-36(59)44-52-23-33(55-44)30-15-16-35-32(20-30)21-38-41-28(5)19-31(22-39(41)68-49(61(35)38)40-25-54-46(69-40)29-11-8-12-29)34-24-53-45(56-34)37-14-10-18-60(37)48(63)43(27(3)4)58-51(65)67-7/h15-16,19-20,22-27,29,36-38,42-43,49H,8-14,17-18,21H2,1-7H3,(H,52,55)(H,53,56)(H,57,64)(H,58,65)/t36-,37-,38?,42-,43-,49?/m0/s1. The number of alkyl carbamates (subject to hydrolysis) is 2. The van der Waals surface area contributed by atoms with Crippen LogP contribution in [0.5, 0.6) is 5.75 Å². The Morgan fingerprint density at radius 3 is 1.88 bits per heavy atom. The van der Waals surface area contributed by atoms with E-state index in [9.17, 15) is 19.2 Å². The third-order valence-electron chi connectivity index (χ3n) is 14.8. The number of nitrogens with one attached hydrogen (secondary N) is 4. The van der Waals surface area contributed by atoms with Gasteiger partial charge in [0.25, 0.3) is 0 Å². The third kappa shape index (κ3) is 8.58. The van der Waals surface area contributed by atoms with Crippen LogP contribution in [-0.4, -0.2) is 98.1 Å². The highest BCUT2D eigenvalue weighted by atomic mass is 32.1. The largest absolute Gasteiger partial charge is 0.465 e. The number of carbonyl (C=O) groups is 4. The maximum atomic E-state index is 13.9. The number of aromatic nitrogens is 5. The molecule has 18 heteroatoms. The van der Waals surface area contributed by atoms with Crippen LogP contribution in [0.4, 0.5) is 15.3 Å². The first-order chi connectivity index (χ1) is 33.3. The molecule has 5 aromatic rings. The molecular formula is C51H62N10O7S. The second-order valence-electron chi connectivity index (χ2n) is 19.8. The predicted molar refractivity (Wildman–Crippen MR) is 259 cm³/mol. The molecule has 3 aromatic heterocycles. The van der Waals surface area contributed by atoms with Crippen LogP contribution in [0.15, 0.2) is 48.9 Å². The lowest BCUT2D eigenvalue weighted by molar-refractivity contribution is -0.136. The van der Waals surface area contributed by atoms with Gasteiger partial charge in [0.1, 0.15) is 29.5 Å². The second-order valence-corrected chi connectivity index (χ2v) is 20.9. The number of fused-ring (bicyclic) bond motifs is 5. The van der Waals surface area contributed by atoms with Crippen molar-refractivity contribution in [2.45, 2.75) is 128 Å². The number of benzene rings is 2. The molecule has 4 N–H and O–H groups in total. The number of amides is 4. The maximum absolute atomic E-state index is 13.9. The Morgan fingerprint density at radius 1 is 0.739 bits per heavy atom. The van der Waals surface area contributed by atoms with Crippen LogP contribution < -0.4 is 20.3 Å². The van der Waals surface area contributed by atoms with Gasteiger partial charge in [0, 0.05) is 42.0 Å².